The third-order valence-electron chi connectivity index (χ3n) is 4.73. The van der Waals surface area contributed by atoms with Crippen molar-refractivity contribution >= 4 is 16.1 Å². The minimum atomic E-state index is -5.74. The van der Waals surface area contributed by atoms with Crippen LogP contribution < -0.4 is 4.18 Å². The normalized spacial score (nSPS) is 16.3. The van der Waals surface area contributed by atoms with E-state index in [2.05, 4.69) is 4.18 Å². The summed E-state index contributed by atoms with van der Waals surface area (Å²) in [6.45, 7) is 2.00. The molecule has 2 aromatic rings. The van der Waals surface area contributed by atoms with Crippen molar-refractivity contribution in [3.05, 3.63) is 64.7 Å². The summed E-state index contributed by atoms with van der Waals surface area (Å²) in [5.41, 5.74) is -2.17. The molecule has 2 aromatic carbocycles. The third-order valence-corrected chi connectivity index (χ3v) is 5.71. The number of hydrogen-bond acceptors (Lipinski definition) is 5. The Morgan fingerprint density at radius 1 is 1.10 bits per heavy atom. The van der Waals surface area contributed by atoms with Crippen molar-refractivity contribution in [3.8, 4) is 5.75 Å². The summed E-state index contributed by atoms with van der Waals surface area (Å²) < 4.78 is 69.7. The van der Waals surface area contributed by atoms with Crippen molar-refractivity contribution in [1.29, 1.82) is 0 Å². The predicted octanol–water partition coefficient (Wildman–Crippen LogP) is 4.10. The van der Waals surface area contributed by atoms with E-state index in [0.29, 0.717) is 18.4 Å². The largest absolute Gasteiger partial charge is 0.534 e. The summed E-state index contributed by atoms with van der Waals surface area (Å²) in [4.78, 5) is 12.0. The Kier molecular flexibility index (Phi) is 5.88. The highest BCUT2D eigenvalue weighted by molar-refractivity contribution is 7.88. The van der Waals surface area contributed by atoms with Gasteiger partial charge in [-0.2, -0.15) is 21.6 Å². The lowest BCUT2D eigenvalue weighted by atomic mass is 9.89. The molecule has 156 valence electrons. The van der Waals surface area contributed by atoms with Gasteiger partial charge in [0.05, 0.1) is 13.0 Å². The van der Waals surface area contributed by atoms with Gasteiger partial charge in [0.25, 0.3) is 0 Å². The topological polar surface area (TPSA) is 69.7 Å². The van der Waals surface area contributed by atoms with E-state index in [4.69, 9.17) is 4.74 Å². The van der Waals surface area contributed by atoms with Gasteiger partial charge in [0, 0.05) is 0 Å². The first-order chi connectivity index (χ1) is 13.6. The van der Waals surface area contributed by atoms with Crippen LogP contribution >= 0.6 is 0 Å². The van der Waals surface area contributed by atoms with Crippen LogP contribution in [0.5, 0.6) is 5.75 Å². The average molecular weight is 428 g/mol. The van der Waals surface area contributed by atoms with Crippen molar-refractivity contribution in [2.24, 2.45) is 0 Å². The highest BCUT2D eigenvalue weighted by Gasteiger charge is 2.48. The molecular formula is C20H19F3O5S. The van der Waals surface area contributed by atoms with Gasteiger partial charge in [0.1, 0.15) is 5.75 Å². The second-order valence-corrected chi connectivity index (χ2v) is 8.24. The Hall–Kier alpha value is -2.55. The predicted molar refractivity (Wildman–Crippen MR) is 99.0 cm³/mol. The Morgan fingerprint density at radius 3 is 2.52 bits per heavy atom. The van der Waals surface area contributed by atoms with Crippen LogP contribution in [0.2, 0.25) is 0 Å². The summed E-state index contributed by atoms with van der Waals surface area (Å²) in [7, 11) is -5.74. The first-order valence-electron chi connectivity index (χ1n) is 8.96. The van der Waals surface area contributed by atoms with Crippen LogP contribution in [-0.4, -0.2) is 26.5 Å². The molecule has 1 atom stereocenters. The molecule has 0 aromatic heterocycles. The Labute approximate surface area is 166 Å². The van der Waals surface area contributed by atoms with Crippen LogP contribution in [0.4, 0.5) is 13.2 Å². The molecule has 0 spiro atoms. The highest BCUT2D eigenvalue weighted by Crippen LogP contribution is 2.36. The molecule has 0 bridgehead atoms. The number of benzene rings is 2. The molecule has 29 heavy (non-hydrogen) atoms. The molecule has 0 aliphatic heterocycles. The molecule has 5 nitrogen and oxygen atoms in total. The summed E-state index contributed by atoms with van der Waals surface area (Å²) >= 11 is 0. The Morgan fingerprint density at radius 2 is 1.83 bits per heavy atom. The zero-order valence-electron chi connectivity index (χ0n) is 15.5. The SMILES string of the molecule is CCOC(=O)CC1Cc2ccc(OS(=O)(=O)C(F)(F)F)cc2Cc2ccccc21. The van der Waals surface area contributed by atoms with Crippen molar-refractivity contribution in [3.63, 3.8) is 0 Å². The maximum atomic E-state index is 12.6. The van der Waals surface area contributed by atoms with Gasteiger partial charge in [-0.15, -0.1) is 0 Å². The number of ether oxygens (including phenoxy) is 1. The van der Waals surface area contributed by atoms with Crippen molar-refractivity contribution in [2.45, 2.75) is 37.6 Å². The standard InChI is InChI=1S/C20H19F3O5S/c1-2-27-19(24)12-16-9-13-7-8-17(28-29(25,26)20(21,22)23)11-15(13)10-14-5-3-4-6-18(14)16/h3-8,11,16H,2,9-10,12H2,1H3. The van der Waals surface area contributed by atoms with E-state index in [-0.39, 0.29) is 24.9 Å². The number of carbonyl (C=O) groups excluding carboxylic acids is 1. The lowest BCUT2D eigenvalue weighted by molar-refractivity contribution is -0.143. The summed E-state index contributed by atoms with van der Waals surface area (Å²) in [5, 5.41) is 0. The molecular weight excluding hydrogens is 409 g/mol. The number of fused-ring (bicyclic) bond motifs is 2. The maximum Gasteiger partial charge on any atom is 0.534 e. The van der Waals surface area contributed by atoms with Crippen LogP contribution in [0.15, 0.2) is 42.5 Å². The van der Waals surface area contributed by atoms with Crippen LogP contribution in [0.25, 0.3) is 0 Å². The number of esters is 1. The second kappa shape index (κ2) is 8.06. The van der Waals surface area contributed by atoms with Crippen LogP contribution in [0, 0.1) is 0 Å². The van der Waals surface area contributed by atoms with Gasteiger partial charge in [-0.1, -0.05) is 30.3 Å². The van der Waals surface area contributed by atoms with E-state index in [1.807, 2.05) is 24.3 Å². The molecule has 1 unspecified atom stereocenters. The molecule has 0 N–H and O–H groups in total. The van der Waals surface area contributed by atoms with Crippen molar-refractivity contribution < 1.29 is 35.3 Å². The average Bonchev–Trinajstić information content (AvgIpc) is 2.77. The molecule has 0 radical (unpaired) electrons. The summed E-state index contributed by atoms with van der Waals surface area (Å²) in [5.74, 6) is -0.883. The number of hydrogen-bond donors (Lipinski definition) is 0. The minimum absolute atomic E-state index is 0.155. The van der Waals surface area contributed by atoms with Gasteiger partial charge < -0.3 is 8.92 Å². The zero-order chi connectivity index (χ0) is 21.2. The molecule has 0 fully saturated rings. The molecule has 0 saturated heterocycles. The molecule has 1 aliphatic carbocycles. The Bertz CT molecular complexity index is 1020. The van der Waals surface area contributed by atoms with Gasteiger partial charge in [0.15, 0.2) is 0 Å². The number of carbonyl (C=O) groups is 1. The first-order valence-corrected chi connectivity index (χ1v) is 10.4. The van der Waals surface area contributed by atoms with E-state index >= 15 is 0 Å². The molecule has 3 rings (SSSR count). The van der Waals surface area contributed by atoms with Crippen LogP contribution in [0.1, 0.15) is 41.5 Å². The smallest absolute Gasteiger partial charge is 0.466 e. The summed E-state index contributed by atoms with van der Waals surface area (Å²) in [6, 6.07) is 11.5. The fraction of sp³-hybridized carbons (Fsp3) is 0.350. The van der Waals surface area contributed by atoms with Gasteiger partial charge in [0.2, 0.25) is 0 Å². The third kappa shape index (κ3) is 4.72. The maximum absolute atomic E-state index is 12.6. The van der Waals surface area contributed by atoms with E-state index in [1.165, 1.54) is 12.1 Å². The summed E-state index contributed by atoms with van der Waals surface area (Å²) in [6.07, 6.45) is 1.02. The van der Waals surface area contributed by atoms with Gasteiger partial charge in [-0.3, -0.25) is 4.79 Å². The van der Waals surface area contributed by atoms with Crippen LogP contribution in [-0.2, 0) is 32.5 Å². The zero-order valence-corrected chi connectivity index (χ0v) is 16.3. The quantitative estimate of drug-likeness (QED) is 0.408. The molecule has 9 heteroatoms. The van der Waals surface area contributed by atoms with Crippen molar-refractivity contribution in [2.75, 3.05) is 6.61 Å². The highest BCUT2D eigenvalue weighted by atomic mass is 32.2. The Balaban J connectivity index is 1.95. The molecule has 0 heterocycles. The number of alkyl halides is 3. The van der Waals surface area contributed by atoms with Crippen LogP contribution in [0.3, 0.4) is 0 Å². The lowest BCUT2D eigenvalue weighted by Gasteiger charge is -2.17. The molecule has 1 aliphatic rings. The minimum Gasteiger partial charge on any atom is -0.466 e. The fourth-order valence-corrected chi connectivity index (χ4v) is 3.92. The number of rotatable bonds is 5. The van der Waals surface area contributed by atoms with Gasteiger partial charge >= 0.3 is 21.6 Å². The van der Waals surface area contributed by atoms with E-state index in [1.54, 1.807) is 13.0 Å². The van der Waals surface area contributed by atoms with E-state index in [0.717, 1.165) is 16.7 Å². The van der Waals surface area contributed by atoms with Crippen molar-refractivity contribution in [1.82, 2.24) is 0 Å². The van der Waals surface area contributed by atoms with E-state index in [9.17, 15) is 26.4 Å². The molecule has 0 saturated carbocycles. The van der Waals surface area contributed by atoms with E-state index < -0.39 is 21.4 Å². The second-order valence-electron chi connectivity index (χ2n) is 6.70. The number of halogens is 3. The monoisotopic (exact) mass is 428 g/mol. The first kappa shape index (κ1) is 21.2. The lowest BCUT2D eigenvalue weighted by Crippen LogP contribution is -2.28. The fourth-order valence-electron chi connectivity index (χ4n) is 3.47. The van der Waals surface area contributed by atoms with Gasteiger partial charge in [-0.25, -0.2) is 0 Å². The molecule has 0 amide bonds. The van der Waals surface area contributed by atoms with Gasteiger partial charge in [-0.05, 0) is 60.1 Å².